The van der Waals surface area contributed by atoms with Gasteiger partial charge in [-0.15, -0.1) is 0 Å². The zero-order valence-corrected chi connectivity index (χ0v) is 17.3. The topological polar surface area (TPSA) is 61.8 Å². The Morgan fingerprint density at radius 2 is 1.93 bits per heavy atom. The van der Waals surface area contributed by atoms with Gasteiger partial charge in [0.05, 0.1) is 19.3 Å². The molecule has 0 spiro atoms. The largest absolute Gasteiger partial charge is 0.493 e. The Kier molecular flexibility index (Phi) is 6.88. The predicted molar refractivity (Wildman–Crippen MR) is 115 cm³/mol. The first kappa shape index (κ1) is 20.4. The van der Waals surface area contributed by atoms with Gasteiger partial charge in [-0.05, 0) is 87.2 Å². The summed E-state index contributed by atoms with van der Waals surface area (Å²) in [6.07, 6.45) is 9.20. The fraction of sp³-hybridized carbons (Fsp3) is 0.625. The third-order valence-electron chi connectivity index (χ3n) is 6.80. The smallest absolute Gasteiger partial charge is 0.226 e. The Bertz CT molecular complexity index is 709. The number of hydrogen-bond donors (Lipinski definition) is 2. The van der Waals surface area contributed by atoms with Crippen molar-refractivity contribution in [2.24, 2.45) is 11.8 Å². The Morgan fingerprint density at radius 1 is 1.14 bits per heavy atom. The molecule has 1 aliphatic carbocycles. The maximum Gasteiger partial charge on any atom is 0.226 e. The summed E-state index contributed by atoms with van der Waals surface area (Å²) in [7, 11) is 0. The molecule has 158 valence electrons. The van der Waals surface area contributed by atoms with E-state index in [0.717, 1.165) is 64.1 Å². The van der Waals surface area contributed by atoms with Gasteiger partial charge in [-0.3, -0.25) is 4.79 Å². The summed E-state index contributed by atoms with van der Waals surface area (Å²) in [6.45, 7) is 3.90. The lowest BCUT2D eigenvalue weighted by atomic mass is 9.85. The maximum atomic E-state index is 12.8. The number of rotatable bonds is 6. The van der Waals surface area contributed by atoms with E-state index in [1.165, 1.54) is 24.0 Å². The summed E-state index contributed by atoms with van der Waals surface area (Å²) >= 11 is 0. The summed E-state index contributed by atoms with van der Waals surface area (Å²) < 4.78 is 6.00. The number of piperidine rings is 1. The molecule has 5 nitrogen and oxygen atoms in total. The van der Waals surface area contributed by atoms with Crippen molar-refractivity contribution in [1.29, 1.82) is 0 Å². The van der Waals surface area contributed by atoms with Crippen LogP contribution in [0, 0.1) is 11.8 Å². The van der Waals surface area contributed by atoms with Crippen molar-refractivity contribution >= 4 is 11.5 Å². The zero-order valence-electron chi connectivity index (χ0n) is 17.3. The monoisotopic (exact) mass is 398 g/mol. The third kappa shape index (κ3) is 5.01. The number of hydrogen-bond acceptors (Lipinski definition) is 4. The minimum Gasteiger partial charge on any atom is -0.493 e. The lowest BCUT2D eigenvalue weighted by Crippen LogP contribution is -2.41. The van der Waals surface area contributed by atoms with Gasteiger partial charge in [-0.25, -0.2) is 0 Å². The lowest BCUT2D eigenvalue weighted by Gasteiger charge is -2.29. The molecule has 0 bridgehead atoms. The molecule has 29 heavy (non-hydrogen) atoms. The van der Waals surface area contributed by atoms with Crippen molar-refractivity contribution in [3.63, 3.8) is 0 Å². The minimum absolute atomic E-state index is 0.0327. The fourth-order valence-electron chi connectivity index (χ4n) is 4.90. The maximum absolute atomic E-state index is 12.8. The summed E-state index contributed by atoms with van der Waals surface area (Å²) in [5, 5.41) is 12.9. The first-order chi connectivity index (χ1) is 14.2. The van der Waals surface area contributed by atoms with Crippen LogP contribution in [0.2, 0.25) is 0 Å². The first-order valence-corrected chi connectivity index (χ1v) is 11.3. The predicted octanol–water partition coefficient (Wildman–Crippen LogP) is 3.23. The summed E-state index contributed by atoms with van der Waals surface area (Å²) in [5.41, 5.74) is 2.57. The summed E-state index contributed by atoms with van der Waals surface area (Å²) in [5.74, 6) is 1.91. The number of amides is 1. The van der Waals surface area contributed by atoms with E-state index in [1.54, 1.807) is 0 Å². The van der Waals surface area contributed by atoms with Crippen molar-refractivity contribution in [1.82, 2.24) is 10.2 Å². The highest BCUT2D eigenvalue weighted by Gasteiger charge is 2.33. The number of aliphatic hydroxyl groups excluding tert-OH is 1. The second-order valence-corrected chi connectivity index (χ2v) is 8.74. The average Bonchev–Trinajstić information content (AvgIpc) is 3.27. The molecular formula is C24H34N2O3. The molecule has 2 fully saturated rings. The van der Waals surface area contributed by atoms with Crippen LogP contribution in [-0.4, -0.2) is 54.8 Å². The molecule has 2 heterocycles. The number of ether oxygens (including phenoxy) is 1. The van der Waals surface area contributed by atoms with Crippen LogP contribution in [0.3, 0.4) is 0 Å². The molecule has 4 rings (SSSR count). The van der Waals surface area contributed by atoms with Gasteiger partial charge >= 0.3 is 0 Å². The quantitative estimate of drug-likeness (QED) is 0.772. The van der Waals surface area contributed by atoms with Gasteiger partial charge in [0.1, 0.15) is 5.75 Å². The zero-order chi connectivity index (χ0) is 20.1. The molecule has 1 aromatic carbocycles. The molecule has 5 heteroatoms. The van der Waals surface area contributed by atoms with Crippen molar-refractivity contribution in [3.05, 3.63) is 35.9 Å². The average molecular weight is 399 g/mol. The molecule has 2 saturated heterocycles. The van der Waals surface area contributed by atoms with E-state index >= 15 is 0 Å². The van der Waals surface area contributed by atoms with E-state index < -0.39 is 0 Å². The number of likely N-dealkylation sites (tertiary alicyclic amines) is 1. The molecule has 0 radical (unpaired) electrons. The van der Waals surface area contributed by atoms with Crippen molar-refractivity contribution in [2.75, 3.05) is 32.8 Å². The van der Waals surface area contributed by atoms with Crippen LogP contribution in [0.4, 0.5) is 0 Å². The molecule has 3 aliphatic rings. The lowest BCUT2D eigenvalue weighted by molar-refractivity contribution is -0.137. The molecule has 0 saturated carbocycles. The number of nitrogens with one attached hydrogen (secondary N) is 1. The molecule has 1 amide bonds. The number of benzene rings is 1. The van der Waals surface area contributed by atoms with Gasteiger partial charge < -0.3 is 20.1 Å². The van der Waals surface area contributed by atoms with Crippen LogP contribution in [0.5, 0.6) is 5.75 Å². The Balaban J connectivity index is 1.29. The minimum atomic E-state index is 0.0327. The number of aliphatic hydroxyl groups is 1. The van der Waals surface area contributed by atoms with Crippen LogP contribution in [-0.2, 0) is 4.79 Å². The summed E-state index contributed by atoms with van der Waals surface area (Å²) in [6, 6.07) is 8.47. The van der Waals surface area contributed by atoms with E-state index in [9.17, 15) is 9.90 Å². The summed E-state index contributed by atoms with van der Waals surface area (Å²) in [4.78, 5) is 14.7. The van der Waals surface area contributed by atoms with Gasteiger partial charge in [-0.1, -0.05) is 18.2 Å². The highest BCUT2D eigenvalue weighted by molar-refractivity contribution is 5.81. The Morgan fingerprint density at radius 3 is 2.62 bits per heavy atom. The van der Waals surface area contributed by atoms with Gasteiger partial charge in [0, 0.05) is 12.5 Å². The van der Waals surface area contributed by atoms with Gasteiger partial charge in [-0.2, -0.15) is 0 Å². The van der Waals surface area contributed by atoms with E-state index in [1.807, 2.05) is 4.90 Å². The van der Waals surface area contributed by atoms with Crippen molar-refractivity contribution in [3.8, 4) is 5.75 Å². The Labute approximate surface area is 174 Å². The standard InChI is InChI=1S/C24H34N2O3/c27-16-22-2-1-15-26(22)24(28)21-5-3-19(4-6-21)20-7-9-23(10-8-20)29-17-18-11-13-25-14-12-18/h3,7-10,18,21-22,25,27H,1-2,4-6,11-17H2. The van der Waals surface area contributed by atoms with Crippen LogP contribution >= 0.6 is 0 Å². The second kappa shape index (κ2) is 9.77. The fourth-order valence-corrected chi connectivity index (χ4v) is 4.90. The normalized spacial score (nSPS) is 25.7. The highest BCUT2D eigenvalue weighted by Crippen LogP contribution is 2.33. The highest BCUT2D eigenvalue weighted by atomic mass is 16.5. The molecule has 0 aromatic heterocycles. The van der Waals surface area contributed by atoms with Crippen LogP contribution < -0.4 is 10.1 Å². The van der Waals surface area contributed by atoms with Crippen molar-refractivity contribution < 1.29 is 14.6 Å². The molecular weight excluding hydrogens is 364 g/mol. The van der Waals surface area contributed by atoms with Crippen LogP contribution in [0.15, 0.2) is 30.3 Å². The van der Waals surface area contributed by atoms with E-state index in [0.29, 0.717) is 5.92 Å². The van der Waals surface area contributed by atoms with E-state index in [-0.39, 0.29) is 24.5 Å². The number of carbonyl (C=O) groups excluding carboxylic acids is 1. The number of allylic oxidation sites excluding steroid dienone is 2. The van der Waals surface area contributed by atoms with Gasteiger partial charge in [0.15, 0.2) is 0 Å². The first-order valence-electron chi connectivity index (χ1n) is 11.3. The molecule has 2 N–H and O–H groups in total. The van der Waals surface area contributed by atoms with Gasteiger partial charge in [0.25, 0.3) is 0 Å². The third-order valence-corrected chi connectivity index (χ3v) is 6.80. The SMILES string of the molecule is O=C(C1CC=C(c2ccc(OCC3CCNCC3)cc2)CC1)N1CCCC1CO. The van der Waals surface area contributed by atoms with E-state index in [2.05, 4.69) is 35.7 Å². The molecule has 1 aromatic rings. The van der Waals surface area contributed by atoms with Crippen LogP contribution in [0.1, 0.15) is 50.5 Å². The Hall–Kier alpha value is -1.85. The molecule has 2 atom stereocenters. The number of nitrogens with zero attached hydrogens (tertiary/aromatic N) is 1. The molecule has 2 aliphatic heterocycles. The van der Waals surface area contributed by atoms with Crippen molar-refractivity contribution in [2.45, 2.75) is 51.0 Å². The number of carbonyl (C=O) groups is 1. The van der Waals surface area contributed by atoms with Gasteiger partial charge in [0.2, 0.25) is 5.91 Å². The second-order valence-electron chi connectivity index (χ2n) is 8.74. The van der Waals surface area contributed by atoms with E-state index in [4.69, 9.17) is 4.74 Å². The van der Waals surface area contributed by atoms with Crippen LogP contribution in [0.25, 0.3) is 5.57 Å². The molecule has 2 unspecified atom stereocenters.